The second-order valence-electron chi connectivity index (χ2n) is 7.32. The normalized spacial score (nSPS) is 18.3. The first-order valence-corrected chi connectivity index (χ1v) is 9.73. The van der Waals surface area contributed by atoms with Gasteiger partial charge in [0.2, 0.25) is 5.91 Å². The molecule has 142 valence electrons. The Morgan fingerprint density at radius 1 is 1.35 bits per heavy atom. The van der Waals surface area contributed by atoms with Crippen LogP contribution in [-0.2, 0) is 11.2 Å². The number of nitrogens with zero attached hydrogens (tertiary/aromatic N) is 5. The number of hydrogen-bond acceptors (Lipinski definition) is 5. The standard InChI is InChI=1S/C19H30N6O/c1-14-7-4-5-11-24(14)12-6-10-20-18(26)9-8-17-15(2)23-19-21-13-22-25(19)16(17)3/h13-14H,4-12H2,1-3H3,(H,20,26)/t14-/m0/s1. The summed E-state index contributed by atoms with van der Waals surface area (Å²) in [5, 5.41) is 7.25. The van der Waals surface area contributed by atoms with Crippen LogP contribution in [-0.4, -0.2) is 56.1 Å². The van der Waals surface area contributed by atoms with Crippen molar-refractivity contribution in [3.8, 4) is 0 Å². The zero-order valence-corrected chi connectivity index (χ0v) is 16.2. The molecule has 1 fully saturated rings. The molecule has 0 unspecified atom stereocenters. The molecule has 1 aliphatic heterocycles. The summed E-state index contributed by atoms with van der Waals surface area (Å²) in [6.07, 6.45) is 7.63. The minimum Gasteiger partial charge on any atom is -0.356 e. The van der Waals surface area contributed by atoms with Gasteiger partial charge in [0.05, 0.1) is 0 Å². The molecule has 1 saturated heterocycles. The van der Waals surface area contributed by atoms with Crippen LogP contribution in [0.1, 0.15) is 56.0 Å². The molecule has 3 heterocycles. The van der Waals surface area contributed by atoms with Crippen molar-refractivity contribution in [2.45, 2.75) is 65.3 Å². The highest BCUT2D eigenvalue weighted by molar-refractivity contribution is 5.76. The van der Waals surface area contributed by atoms with Crippen molar-refractivity contribution in [3.05, 3.63) is 23.3 Å². The number of aromatic nitrogens is 4. The molecule has 0 aliphatic carbocycles. The van der Waals surface area contributed by atoms with Gasteiger partial charge in [-0.1, -0.05) is 6.42 Å². The van der Waals surface area contributed by atoms with E-state index in [4.69, 9.17) is 0 Å². The van der Waals surface area contributed by atoms with Crippen LogP contribution in [0.15, 0.2) is 6.33 Å². The van der Waals surface area contributed by atoms with Crippen molar-refractivity contribution in [3.63, 3.8) is 0 Å². The summed E-state index contributed by atoms with van der Waals surface area (Å²) < 4.78 is 1.74. The predicted molar refractivity (Wildman–Crippen MR) is 101 cm³/mol. The van der Waals surface area contributed by atoms with Crippen molar-refractivity contribution in [1.29, 1.82) is 0 Å². The van der Waals surface area contributed by atoms with E-state index in [9.17, 15) is 4.79 Å². The molecule has 1 amide bonds. The number of rotatable bonds is 7. The lowest BCUT2D eigenvalue weighted by Gasteiger charge is -2.33. The maximum Gasteiger partial charge on any atom is 0.252 e. The van der Waals surface area contributed by atoms with Crippen molar-refractivity contribution >= 4 is 11.7 Å². The summed E-state index contributed by atoms with van der Waals surface area (Å²) in [5.74, 6) is 0.717. The topological polar surface area (TPSA) is 75.4 Å². The maximum absolute atomic E-state index is 12.2. The van der Waals surface area contributed by atoms with Crippen LogP contribution >= 0.6 is 0 Å². The molecule has 0 aromatic carbocycles. The lowest BCUT2D eigenvalue weighted by atomic mass is 10.0. The van der Waals surface area contributed by atoms with Gasteiger partial charge in [0.25, 0.3) is 5.78 Å². The Kier molecular flexibility index (Phi) is 6.19. The van der Waals surface area contributed by atoms with Gasteiger partial charge in [0, 0.05) is 36.9 Å². The Labute approximate surface area is 155 Å². The van der Waals surface area contributed by atoms with Crippen LogP contribution in [0, 0.1) is 13.8 Å². The number of nitrogens with one attached hydrogen (secondary N) is 1. The molecular formula is C19H30N6O. The van der Waals surface area contributed by atoms with E-state index in [0.29, 0.717) is 24.7 Å². The summed E-state index contributed by atoms with van der Waals surface area (Å²) in [7, 11) is 0. The summed E-state index contributed by atoms with van der Waals surface area (Å²) in [4.78, 5) is 23.3. The molecule has 0 bridgehead atoms. The maximum atomic E-state index is 12.2. The van der Waals surface area contributed by atoms with E-state index in [1.165, 1.54) is 32.1 Å². The van der Waals surface area contributed by atoms with Crippen molar-refractivity contribution in [2.75, 3.05) is 19.6 Å². The molecule has 1 atom stereocenters. The second kappa shape index (κ2) is 8.58. The summed E-state index contributed by atoms with van der Waals surface area (Å²) in [6, 6.07) is 0.685. The van der Waals surface area contributed by atoms with Crippen molar-refractivity contribution in [1.82, 2.24) is 29.8 Å². The molecular weight excluding hydrogens is 328 g/mol. The van der Waals surface area contributed by atoms with Gasteiger partial charge in [0.15, 0.2) is 0 Å². The number of carbonyl (C=O) groups excluding carboxylic acids is 1. The third kappa shape index (κ3) is 4.38. The molecule has 1 aliphatic rings. The van der Waals surface area contributed by atoms with E-state index in [0.717, 1.165) is 36.5 Å². The fraction of sp³-hybridized carbons (Fsp3) is 0.684. The quantitative estimate of drug-likeness (QED) is 0.767. The summed E-state index contributed by atoms with van der Waals surface area (Å²) in [5.41, 5.74) is 3.02. The highest BCUT2D eigenvalue weighted by Crippen LogP contribution is 2.16. The highest BCUT2D eigenvalue weighted by atomic mass is 16.1. The van der Waals surface area contributed by atoms with Gasteiger partial charge in [-0.05, 0) is 58.6 Å². The molecule has 2 aromatic heterocycles. The number of aryl methyl sites for hydroxylation is 2. The molecule has 3 rings (SSSR count). The molecule has 7 nitrogen and oxygen atoms in total. The number of piperidine rings is 1. The van der Waals surface area contributed by atoms with E-state index in [-0.39, 0.29) is 5.91 Å². The Morgan fingerprint density at radius 3 is 3.00 bits per heavy atom. The molecule has 0 saturated carbocycles. The summed E-state index contributed by atoms with van der Waals surface area (Å²) in [6.45, 7) is 9.30. The van der Waals surface area contributed by atoms with Gasteiger partial charge in [-0.2, -0.15) is 10.1 Å². The minimum atomic E-state index is 0.106. The van der Waals surface area contributed by atoms with Crippen LogP contribution < -0.4 is 5.32 Å². The van der Waals surface area contributed by atoms with Gasteiger partial charge in [0.1, 0.15) is 6.33 Å². The van der Waals surface area contributed by atoms with Gasteiger partial charge in [-0.15, -0.1) is 0 Å². The predicted octanol–water partition coefficient (Wildman–Crippen LogP) is 2.05. The number of hydrogen-bond donors (Lipinski definition) is 1. The van der Waals surface area contributed by atoms with Gasteiger partial charge >= 0.3 is 0 Å². The molecule has 7 heteroatoms. The largest absolute Gasteiger partial charge is 0.356 e. The molecule has 0 spiro atoms. The third-order valence-electron chi connectivity index (χ3n) is 5.48. The van der Waals surface area contributed by atoms with Crippen LogP contribution in [0.5, 0.6) is 0 Å². The van der Waals surface area contributed by atoms with Crippen molar-refractivity contribution < 1.29 is 4.79 Å². The molecule has 2 aromatic rings. The zero-order chi connectivity index (χ0) is 18.5. The van der Waals surface area contributed by atoms with Crippen LogP contribution in [0.4, 0.5) is 0 Å². The minimum absolute atomic E-state index is 0.106. The van der Waals surface area contributed by atoms with Crippen LogP contribution in [0.3, 0.4) is 0 Å². The Bertz CT molecular complexity index is 756. The van der Waals surface area contributed by atoms with Crippen LogP contribution in [0.25, 0.3) is 5.78 Å². The average Bonchev–Trinajstić information content (AvgIpc) is 3.08. The first-order valence-electron chi connectivity index (χ1n) is 9.73. The Hall–Kier alpha value is -2.02. The van der Waals surface area contributed by atoms with Crippen LogP contribution in [0.2, 0.25) is 0 Å². The number of fused-ring (bicyclic) bond motifs is 1. The fourth-order valence-corrected chi connectivity index (χ4v) is 3.84. The number of amides is 1. The average molecular weight is 358 g/mol. The van der Waals surface area contributed by atoms with E-state index in [2.05, 4.69) is 32.2 Å². The fourth-order valence-electron chi connectivity index (χ4n) is 3.84. The Morgan fingerprint density at radius 2 is 2.19 bits per heavy atom. The lowest BCUT2D eigenvalue weighted by Crippen LogP contribution is -2.39. The Balaban J connectivity index is 1.43. The number of likely N-dealkylation sites (tertiary alicyclic amines) is 1. The smallest absolute Gasteiger partial charge is 0.252 e. The summed E-state index contributed by atoms with van der Waals surface area (Å²) >= 11 is 0. The first kappa shape index (κ1) is 18.8. The SMILES string of the molecule is Cc1nc2ncnn2c(C)c1CCC(=O)NCCCN1CCCC[C@@H]1C. The monoisotopic (exact) mass is 358 g/mol. The molecule has 26 heavy (non-hydrogen) atoms. The van der Waals surface area contributed by atoms with Gasteiger partial charge < -0.3 is 10.2 Å². The van der Waals surface area contributed by atoms with Gasteiger partial charge in [-0.25, -0.2) is 9.50 Å². The van der Waals surface area contributed by atoms with Gasteiger partial charge in [-0.3, -0.25) is 4.79 Å². The highest BCUT2D eigenvalue weighted by Gasteiger charge is 2.17. The number of carbonyl (C=O) groups is 1. The van der Waals surface area contributed by atoms with E-state index < -0.39 is 0 Å². The molecule has 1 N–H and O–H groups in total. The van der Waals surface area contributed by atoms with E-state index >= 15 is 0 Å². The first-order chi connectivity index (χ1) is 12.6. The second-order valence-corrected chi connectivity index (χ2v) is 7.32. The lowest BCUT2D eigenvalue weighted by molar-refractivity contribution is -0.121. The van der Waals surface area contributed by atoms with Crippen molar-refractivity contribution in [2.24, 2.45) is 0 Å². The van der Waals surface area contributed by atoms with E-state index in [1.54, 1.807) is 4.52 Å². The van der Waals surface area contributed by atoms with E-state index in [1.807, 2.05) is 13.8 Å². The third-order valence-corrected chi connectivity index (χ3v) is 5.48. The zero-order valence-electron chi connectivity index (χ0n) is 16.2. The molecule has 0 radical (unpaired) electrons.